The zero-order chi connectivity index (χ0) is 12.0. The summed E-state index contributed by atoms with van der Waals surface area (Å²) in [5.41, 5.74) is 6.21. The lowest BCUT2D eigenvalue weighted by atomic mass is 10.4. The Morgan fingerprint density at radius 2 is 1.69 bits per heavy atom. The van der Waals surface area contributed by atoms with E-state index in [0.29, 0.717) is 16.9 Å². The van der Waals surface area contributed by atoms with Crippen molar-refractivity contribution in [3.63, 3.8) is 0 Å². The Bertz CT molecular complexity index is 491. The number of anilines is 1. The van der Waals surface area contributed by atoms with E-state index in [1.165, 1.54) is 12.4 Å². The molecule has 0 spiro atoms. The molecule has 0 amide bonds. The first-order valence-electron chi connectivity index (χ1n) is 3.97. The van der Waals surface area contributed by atoms with Gasteiger partial charge in [0.1, 0.15) is 32.8 Å². The first kappa shape index (κ1) is 12.0. The van der Waals surface area contributed by atoms with Crippen LogP contribution in [0.5, 0.6) is 0 Å². The molecule has 0 radical (unpaired) electrons. The average Bonchev–Trinajstić information content (AvgIpc) is 2.87. The lowest BCUT2D eigenvalue weighted by Gasteiger charge is -1.77. The molecule has 0 aromatic carbocycles. The molecule has 4 N–H and O–H groups in total. The van der Waals surface area contributed by atoms with Crippen LogP contribution < -0.4 is 5.73 Å². The summed E-state index contributed by atoms with van der Waals surface area (Å²) in [6.45, 7) is 0. The van der Waals surface area contributed by atoms with Crippen molar-refractivity contribution in [2.75, 3.05) is 5.73 Å². The fraction of sp³-hybridized carbons (Fsp3) is 0. The van der Waals surface area contributed by atoms with Crippen molar-refractivity contribution in [1.82, 2.24) is 20.4 Å². The van der Waals surface area contributed by atoms with Crippen molar-refractivity contribution in [3.8, 4) is 12.1 Å². The van der Waals surface area contributed by atoms with E-state index in [9.17, 15) is 0 Å². The van der Waals surface area contributed by atoms with Crippen LogP contribution in [0.1, 0.15) is 11.1 Å². The summed E-state index contributed by atoms with van der Waals surface area (Å²) in [6.07, 6.45) is 2.89. The number of nitrogens with one attached hydrogen (secondary N) is 2. The molecule has 0 saturated carbocycles. The number of nitriles is 2. The minimum Gasteiger partial charge on any atom is -0.383 e. The van der Waals surface area contributed by atoms with Crippen molar-refractivity contribution in [2.45, 2.75) is 0 Å². The van der Waals surface area contributed by atoms with Crippen molar-refractivity contribution in [2.24, 2.45) is 0 Å². The molecule has 7 nitrogen and oxygen atoms in total. The third-order valence-corrected chi connectivity index (χ3v) is 2.32. The van der Waals surface area contributed by atoms with E-state index < -0.39 is 0 Å². The maximum absolute atomic E-state index is 8.29. The van der Waals surface area contributed by atoms with Crippen molar-refractivity contribution < 1.29 is 0 Å². The predicted octanol–water partition coefficient (Wildman–Crippen LogP) is 0.750. The van der Waals surface area contributed by atoms with Crippen LogP contribution in [0, 0.1) is 26.4 Å². The molecule has 80 valence electrons. The Hall–Kier alpha value is -2.07. The molecule has 2 aromatic rings. The lowest BCUT2D eigenvalue weighted by Crippen LogP contribution is -1.85. The second-order valence-corrected chi connectivity index (χ2v) is 3.60. The number of halogens is 1. The molecule has 2 heterocycles. The summed E-state index contributed by atoms with van der Waals surface area (Å²) >= 11 is 2.02. The van der Waals surface area contributed by atoms with Gasteiger partial charge in [0, 0.05) is 0 Å². The molecule has 2 rings (SSSR count). The number of nitrogens with two attached hydrogens (primary N) is 1. The monoisotopic (exact) mass is 327 g/mol. The molecule has 0 unspecified atom stereocenters. The second kappa shape index (κ2) is 5.72. The number of hydrogen-bond donors (Lipinski definition) is 3. The molecule has 2 aromatic heterocycles. The molecule has 0 aliphatic rings. The summed E-state index contributed by atoms with van der Waals surface area (Å²) < 4.78 is 0.796. The van der Waals surface area contributed by atoms with Crippen LogP contribution >= 0.6 is 22.6 Å². The van der Waals surface area contributed by atoms with Gasteiger partial charge < -0.3 is 5.73 Å². The van der Waals surface area contributed by atoms with E-state index in [4.69, 9.17) is 16.3 Å². The quantitative estimate of drug-likeness (QED) is 0.615. The zero-order valence-electron chi connectivity index (χ0n) is 7.90. The number of H-pyrrole nitrogens is 2. The summed E-state index contributed by atoms with van der Waals surface area (Å²) in [7, 11) is 0. The number of aromatic nitrogens is 4. The van der Waals surface area contributed by atoms with Gasteiger partial charge in [-0.25, -0.2) is 0 Å². The Labute approximate surface area is 104 Å². The minimum atomic E-state index is 0.326. The normalized spacial score (nSPS) is 8.44. The van der Waals surface area contributed by atoms with Gasteiger partial charge in [-0.2, -0.15) is 20.7 Å². The number of nitrogens with zero attached hydrogens (tertiary/aromatic N) is 4. The lowest BCUT2D eigenvalue weighted by molar-refractivity contribution is 1.07. The Kier molecular flexibility index (Phi) is 4.29. The van der Waals surface area contributed by atoms with Gasteiger partial charge in [-0.05, 0) is 22.6 Å². The molecular formula is C8H6IN7. The van der Waals surface area contributed by atoms with Gasteiger partial charge in [-0.15, -0.1) is 0 Å². The fourth-order valence-corrected chi connectivity index (χ4v) is 1.13. The summed E-state index contributed by atoms with van der Waals surface area (Å²) in [5, 5.41) is 28.7. The van der Waals surface area contributed by atoms with E-state index in [1.54, 1.807) is 0 Å². The fourth-order valence-electron chi connectivity index (χ4n) is 0.734. The average molecular weight is 327 g/mol. The highest BCUT2D eigenvalue weighted by atomic mass is 127. The molecular weight excluding hydrogens is 321 g/mol. The van der Waals surface area contributed by atoms with Crippen molar-refractivity contribution in [1.29, 1.82) is 10.5 Å². The second-order valence-electron chi connectivity index (χ2n) is 2.52. The molecule has 0 atom stereocenters. The van der Waals surface area contributed by atoms with Crippen LogP contribution in [0.25, 0.3) is 0 Å². The highest BCUT2D eigenvalue weighted by Crippen LogP contribution is 2.04. The maximum atomic E-state index is 8.29. The zero-order valence-corrected chi connectivity index (χ0v) is 10.1. The first-order chi connectivity index (χ1) is 7.69. The molecule has 8 heteroatoms. The van der Waals surface area contributed by atoms with E-state index in [1.807, 2.05) is 34.7 Å². The highest BCUT2D eigenvalue weighted by molar-refractivity contribution is 14.1. The Morgan fingerprint density at radius 3 is 1.94 bits per heavy atom. The largest absolute Gasteiger partial charge is 0.383 e. The van der Waals surface area contributed by atoms with Gasteiger partial charge in [0.15, 0.2) is 0 Å². The van der Waals surface area contributed by atoms with Gasteiger partial charge in [-0.3, -0.25) is 10.2 Å². The van der Waals surface area contributed by atoms with E-state index in [0.717, 1.165) is 3.70 Å². The first-order valence-corrected chi connectivity index (χ1v) is 5.04. The highest BCUT2D eigenvalue weighted by Gasteiger charge is 1.96. The SMILES string of the molecule is N#Cc1cn[nH]c1I.N#Cc1cn[nH]c1N. The van der Waals surface area contributed by atoms with Crippen LogP contribution in [0.2, 0.25) is 0 Å². The summed E-state index contributed by atoms with van der Waals surface area (Å²) in [6, 6.07) is 3.83. The number of rotatable bonds is 0. The van der Waals surface area contributed by atoms with Crippen LogP contribution in [-0.4, -0.2) is 20.4 Å². The molecule has 0 fully saturated rings. The third kappa shape index (κ3) is 2.96. The molecule has 0 aliphatic heterocycles. The minimum absolute atomic E-state index is 0.326. The van der Waals surface area contributed by atoms with Crippen molar-refractivity contribution in [3.05, 3.63) is 27.2 Å². The van der Waals surface area contributed by atoms with Gasteiger partial charge in [0.2, 0.25) is 0 Å². The summed E-state index contributed by atoms with van der Waals surface area (Å²) in [5.74, 6) is 0.326. The Morgan fingerprint density at radius 1 is 1.12 bits per heavy atom. The van der Waals surface area contributed by atoms with Gasteiger partial charge in [-0.1, -0.05) is 0 Å². The Balaban J connectivity index is 0.000000160. The molecule has 0 saturated heterocycles. The standard InChI is InChI=1S/C4H2IN3.C4H4N4/c5-4-3(1-6)2-7-8-4;5-1-3-2-7-8-4(3)6/h2H,(H,7,8);2H,(H3,6,7,8). The van der Waals surface area contributed by atoms with Crippen LogP contribution in [0.4, 0.5) is 5.82 Å². The number of hydrogen-bond acceptors (Lipinski definition) is 5. The topological polar surface area (TPSA) is 131 Å². The number of nitrogen functional groups attached to an aromatic ring is 1. The van der Waals surface area contributed by atoms with Crippen LogP contribution in [0.15, 0.2) is 12.4 Å². The van der Waals surface area contributed by atoms with E-state index >= 15 is 0 Å². The molecule has 0 aliphatic carbocycles. The maximum Gasteiger partial charge on any atom is 0.137 e. The third-order valence-electron chi connectivity index (χ3n) is 1.50. The molecule has 0 bridgehead atoms. The van der Waals surface area contributed by atoms with Crippen molar-refractivity contribution >= 4 is 28.4 Å². The van der Waals surface area contributed by atoms with E-state index in [-0.39, 0.29) is 0 Å². The van der Waals surface area contributed by atoms with Gasteiger partial charge >= 0.3 is 0 Å². The smallest absolute Gasteiger partial charge is 0.137 e. The van der Waals surface area contributed by atoms with Crippen LogP contribution in [-0.2, 0) is 0 Å². The molecule has 16 heavy (non-hydrogen) atoms. The van der Waals surface area contributed by atoms with Crippen LogP contribution in [0.3, 0.4) is 0 Å². The number of aromatic amines is 2. The van der Waals surface area contributed by atoms with Gasteiger partial charge in [0.05, 0.1) is 12.4 Å². The van der Waals surface area contributed by atoms with E-state index in [2.05, 4.69) is 20.4 Å². The van der Waals surface area contributed by atoms with Gasteiger partial charge in [0.25, 0.3) is 0 Å². The predicted molar refractivity (Wildman–Crippen MR) is 63.7 cm³/mol. The summed E-state index contributed by atoms with van der Waals surface area (Å²) in [4.78, 5) is 0.